The van der Waals surface area contributed by atoms with Gasteiger partial charge in [0, 0.05) is 11.6 Å². The molecule has 18 heavy (non-hydrogen) atoms. The molecule has 1 rings (SSSR count). The van der Waals surface area contributed by atoms with Crippen LogP contribution in [-0.4, -0.2) is 35.4 Å². The molecular formula is C10H10F2N2O4. The minimum atomic E-state index is -3.38. The Kier molecular flexibility index (Phi) is 4.27. The highest BCUT2D eigenvalue weighted by molar-refractivity contribution is 5.79. The number of hydrogen-bond acceptors (Lipinski definition) is 5. The van der Waals surface area contributed by atoms with Crippen LogP contribution in [0.4, 0.5) is 20.2 Å². The van der Waals surface area contributed by atoms with E-state index in [1.165, 1.54) is 6.07 Å². The summed E-state index contributed by atoms with van der Waals surface area (Å²) in [6, 6.07) is 3.40. The Labute approximate surface area is 100 Å². The van der Waals surface area contributed by atoms with Gasteiger partial charge >= 0.3 is 0 Å². The fraction of sp³-hybridized carbons (Fsp3) is 0.300. The maximum absolute atomic E-state index is 12.8. The second-order valence-corrected chi connectivity index (χ2v) is 3.52. The van der Waals surface area contributed by atoms with Crippen molar-refractivity contribution in [3.63, 3.8) is 0 Å². The van der Waals surface area contributed by atoms with Crippen LogP contribution in [0.25, 0.3) is 0 Å². The number of carbonyl (C=O) groups excluding carboxylic acids is 1. The molecular weight excluding hydrogens is 250 g/mol. The standard InChI is InChI=1S/C10H10F2N2O4/c11-10(12,6-16)5-13-8-2-1-7(4-15)3-9(8)14(17)18/h1-4,13,16H,5-6H2. The number of aliphatic hydroxyl groups excluding tert-OH is 1. The van der Waals surface area contributed by atoms with Crippen LogP contribution in [0.2, 0.25) is 0 Å². The van der Waals surface area contributed by atoms with Crippen molar-refractivity contribution in [1.29, 1.82) is 0 Å². The number of aldehydes is 1. The van der Waals surface area contributed by atoms with Crippen LogP contribution in [0.5, 0.6) is 0 Å². The number of aliphatic hydroxyl groups is 1. The Hall–Kier alpha value is -2.09. The van der Waals surface area contributed by atoms with E-state index in [0.717, 1.165) is 12.1 Å². The van der Waals surface area contributed by atoms with E-state index in [-0.39, 0.29) is 11.3 Å². The number of nitro benzene ring substituents is 1. The lowest BCUT2D eigenvalue weighted by molar-refractivity contribution is -0.384. The third-order valence-electron chi connectivity index (χ3n) is 2.12. The molecule has 0 aromatic heterocycles. The predicted molar refractivity (Wildman–Crippen MR) is 59.0 cm³/mol. The Morgan fingerprint density at radius 2 is 2.17 bits per heavy atom. The van der Waals surface area contributed by atoms with Crippen molar-refractivity contribution in [3.05, 3.63) is 33.9 Å². The first-order chi connectivity index (χ1) is 8.39. The molecule has 0 saturated heterocycles. The first-order valence-corrected chi connectivity index (χ1v) is 4.86. The summed E-state index contributed by atoms with van der Waals surface area (Å²) >= 11 is 0. The maximum Gasteiger partial charge on any atom is 0.293 e. The summed E-state index contributed by atoms with van der Waals surface area (Å²) in [5.74, 6) is -3.38. The molecule has 0 bridgehead atoms. The Morgan fingerprint density at radius 3 is 2.67 bits per heavy atom. The number of nitrogens with zero attached hydrogens (tertiary/aromatic N) is 1. The highest BCUT2D eigenvalue weighted by Crippen LogP contribution is 2.26. The molecule has 1 aromatic rings. The first-order valence-electron chi connectivity index (χ1n) is 4.86. The van der Waals surface area contributed by atoms with E-state index in [1.54, 1.807) is 0 Å². The predicted octanol–water partition coefficient (Wildman–Crippen LogP) is 1.45. The van der Waals surface area contributed by atoms with Crippen LogP contribution < -0.4 is 5.32 Å². The van der Waals surface area contributed by atoms with Gasteiger partial charge in [-0.1, -0.05) is 0 Å². The van der Waals surface area contributed by atoms with Crippen LogP contribution in [0.1, 0.15) is 10.4 Å². The van der Waals surface area contributed by atoms with Crippen LogP contribution in [-0.2, 0) is 0 Å². The molecule has 0 fully saturated rings. The number of hydrogen-bond donors (Lipinski definition) is 2. The van der Waals surface area contributed by atoms with Crippen molar-refractivity contribution in [1.82, 2.24) is 0 Å². The zero-order valence-corrected chi connectivity index (χ0v) is 9.10. The van der Waals surface area contributed by atoms with E-state index in [9.17, 15) is 23.7 Å². The fourth-order valence-electron chi connectivity index (χ4n) is 1.20. The third kappa shape index (κ3) is 3.45. The zero-order valence-electron chi connectivity index (χ0n) is 9.10. The van der Waals surface area contributed by atoms with Gasteiger partial charge in [0.1, 0.15) is 18.6 Å². The average Bonchev–Trinajstić information content (AvgIpc) is 2.36. The summed E-state index contributed by atoms with van der Waals surface area (Å²) in [6.45, 7) is -2.30. The summed E-state index contributed by atoms with van der Waals surface area (Å²) in [4.78, 5) is 20.4. The van der Waals surface area contributed by atoms with Gasteiger partial charge < -0.3 is 10.4 Å². The molecule has 6 nitrogen and oxygen atoms in total. The van der Waals surface area contributed by atoms with E-state index in [0.29, 0.717) is 6.29 Å². The minimum absolute atomic E-state index is 0.0705. The van der Waals surface area contributed by atoms with Gasteiger partial charge in [-0.25, -0.2) is 8.78 Å². The van der Waals surface area contributed by atoms with Gasteiger partial charge in [-0.15, -0.1) is 0 Å². The van der Waals surface area contributed by atoms with Crippen molar-refractivity contribution < 1.29 is 23.6 Å². The van der Waals surface area contributed by atoms with E-state index < -0.39 is 29.7 Å². The number of carbonyl (C=O) groups is 1. The van der Waals surface area contributed by atoms with E-state index in [2.05, 4.69) is 5.32 Å². The molecule has 2 N–H and O–H groups in total. The van der Waals surface area contributed by atoms with Gasteiger partial charge in [0.25, 0.3) is 11.6 Å². The van der Waals surface area contributed by atoms with Crippen molar-refractivity contribution in [2.75, 3.05) is 18.5 Å². The Morgan fingerprint density at radius 1 is 1.50 bits per heavy atom. The molecule has 0 unspecified atom stereocenters. The molecule has 0 aliphatic heterocycles. The molecule has 1 aromatic carbocycles. The molecule has 0 spiro atoms. The fourth-order valence-corrected chi connectivity index (χ4v) is 1.20. The smallest absolute Gasteiger partial charge is 0.293 e. The van der Waals surface area contributed by atoms with Crippen molar-refractivity contribution in [3.8, 4) is 0 Å². The lowest BCUT2D eigenvalue weighted by atomic mass is 10.2. The Balaban J connectivity index is 2.95. The second kappa shape index (κ2) is 5.50. The molecule has 0 aliphatic rings. The number of anilines is 1. The number of rotatable bonds is 6. The largest absolute Gasteiger partial charge is 0.390 e. The van der Waals surface area contributed by atoms with Gasteiger partial charge in [0.2, 0.25) is 0 Å². The third-order valence-corrected chi connectivity index (χ3v) is 2.12. The van der Waals surface area contributed by atoms with Crippen molar-refractivity contribution in [2.45, 2.75) is 5.92 Å². The van der Waals surface area contributed by atoms with Gasteiger partial charge in [0.05, 0.1) is 11.5 Å². The van der Waals surface area contributed by atoms with Crippen molar-refractivity contribution in [2.24, 2.45) is 0 Å². The summed E-state index contributed by atoms with van der Waals surface area (Å²) in [7, 11) is 0. The molecule has 0 saturated carbocycles. The molecule has 0 radical (unpaired) electrons. The van der Waals surface area contributed by atoms with E-state index >= 15 is 0 Å². The molecule has 98 valence electrons. The molecule has 0 atom stereocenters. The van der Waals surface area contributed by atoms with Crippen LogP contribution >= 0.6 is 0 Å². The minimum Gasteiger partial charge on any atom is -0.390 e. The number of nitrogens with one attached hydrogen (secondary N) is 1. The Bertz CT molecular complexity index is 465. The van der Waals surface area contributed by atoms with E-state index in [1.807, 2.05) is 0 Å². The monoisotopic (exact) mass is 260 g/mol. The number of benzene rings is 1. The number of halogens is 2. The highest BCUT2D eigenvalue weighted by atomic mass is 19.3. The lowest BCUT2D eigenvalue weighted by Gasteiger charge is -2.14. The maximum atomic E-state index is 12.8. The van der Waals surface area contributed by atoms with Gasteiger partial charge in [-0.2, -0.15) is 0 Å². The van der Waals surface area contributed by atoms with Gasteiger partial charge in [-0.3, -0.25) is 14.9 Å². The molecule has 8 heteroatoms. The molecule has 0 amide bonds. The van der Waals surface area contributed by atoms with E-state index in [4.69, 9.17) is 5.11 Å². The summed E-state index contributed by atoms with van der Waals surface area (Å²) in [5.41, 5.74) is -0.548. The zero-order chi connectivity index (χ0) is 13.8. The highest BCUT2D eigenvalue weighted by Gasteiger charge is 2.28. The van der Waals surface area contributed by atoms with Crippen LogP contribution in [0.15, 0.2) is 18.2 Å². The summed E-state index contributed by atoms with van der Waals surface area (Å²) < 4.78 is 25.6. The first kappa shape index (κ1) is 14.0. The lowest BCUT2D eigenvalue weighted by Crippen LogP contribution is -2.31. The SMILES string of the molecule is O=Cc1ccc(NCC(F)(F)CO)c([N+](=O)[O-])c1. The quantitative estimate of drug-likeness (QED) is 0.458. The normalized spacial score (nSPS) is 11.1. The second-order valence-electron chi connectivity index (χ2n) is 3.52. The van der Waals surface area contributed by atoms with Gasteiger partial charge in [-0.05, 0) is 12.1 Å². The topological polar surface area (TPSA) is 92.5 Å². The van der Waals surface area contributed by atoms with Crippen molar-refractivity contribution >= 4 is 17.7 Å². The van der Waals surface area contributed by atoms with Crippen LogP contribution in [0.3, 0.4) is 0 Å². The molecule has 0 heterocycles. The number of nitro groups is 1. The van der Waals surface area contributed by atoms with Crippen LogP contribution in [0, 0.1) is 10.1 Å². The molecule has 0 aliphatic carbocycles. The summed E-state index contributed by atoms with van der Waals surface area (Å²) in [5, 5.41) is 21.2. The van der Waals surface area contributed by atoms with Gasteiger partial charge in [0.15, 0.2) is 0 Å². The average molecular weight is 260 g/mol. The number of alkyl halides is 2. The summed E-state index contributed by atoms with van der Waals surface area (Å²) in [6.07, 6.45) is 0.416.